The molecule has 0 spiro atoms. The molecule has 3 rings (SSSR count). The summed E-state index contributed by atoms with van der Waals surface area (Å²) in [4.78, 5) is 10.5. The van der Waals surface area contributed by atoms with Crippen molar-refractivity contribution in [2.45, 2.75) is 0 Å². The van der Waals surface area contributed by atoms with Crippen LogP contribution in [0.4, 0.5) is 0 Å². The van der Waals surface area contributed by atoms with Gasteiger partial charge in [-0.1, -0.05) is 61.2 Å². The van der Waals surface area contributed by atoms with Gasteiger partial charge in [-0.05, 0) is 33.7 Å². The van der Waals surface area contributed by atoms with Gasteiger partial charge in [0.1, 0.15) is 6.61 Å². The Bertz CT molecular complexity index is 815. The molecule has 0 unspecified atom stereocenters. The van der Waals surface area contributed by atoms with Gasteiger partial charge in [0.25, 0.3) is 0 Å². The Labute approximate surface area is 141 Å². The molecule has 3 heteroatoms. The molecule has 0 bridgehead atoms. The van der Waals surface area contributed by atoms with Crippen LogP contribution >= 0.6 is 0 Å². The summed E-state index contributed by atoms with van der Waals surface area (Å²) in [5.74, 6) is -0.526. The van der Waals surface area contributed by atoms with E-state index in [2.05, 4.69) is 72.0 Å². The second-order valence-corrected chi connectivity index (χ2v) is 4.93. The number of ether oxygens (including phenoxy) is 1. The third-order valence-corrected chi connectivity index (χ3v) is 3.25. The number of fused-ring (bicyclic) bond motifs is 2. The largest absolute Gasteiger partial charge is 0.458 e. The number of esters is 1. The fourth-order valence-corrected chi connectivity index (χ4v) is 2.18. The molecule has 0 aliphatic carbocycles. The molecular formula is C21H17NO2. The second-order valence-electron chi connectivity index (χ2n) is 4.93. The number of benzene rings is 3. The summed E-state index contributed by atoms with van der Waals surface area (Å²) >= 11 is 0. The van der Waals surface area contributed by atoms with Gasteiger partial charge in [0, 0.05) is 12.2 Å². The summed E-state index contributed by atoms with van der Waals surface area (Å²) in [6, 6.07) is 23.1. The van der Waals surface area contributed by atoms with Crippen LogP contribution in [0.5, 0.6) is 0 Å². The van der Waals surface area contributed by atoms with Crippen molar-refractivity contribution in [2.24, 2.45) is 0 Å². The van der Waals surface area contributed by atoms with E-state index in [0.29, 0.717) is 0 Å². The zero-order valence-electron chi connectivity index (χ0n) is 13.2. The van der Waals surface area contributed by atoms with Crippen molar-refractivity contribution in [2.75, 3.05) is 6.61 Å². The number of hydrogen-bond acceptors (Lipinski definition) is 3. The van der Waals surface area contributed by atoms with Crippen molar-refractivity contribution in [3.8, 4) is 6.07 Å². The van der Waals surface area contributed by atoms with Crippen LogP contribution in [0.1, 0.15) is 0 Å². The lowest BCUT2D eigenvalue weighted by molar-refractivity contribution is -0.136. The number of allylic oxidation sites excluding steroid dienone is 1. The summed E-state index contributed by atoms with van der Waals surface area (Å²) in [6.07, 6.45) is 3.58. The molecule has 3 aromatic carbocycles. The first-order valence-corrected chi connectivity index (χ1v) is 7.46. The Morgan fingerprint density at radius 2 is 1.46 bits per heavy atom. The molecular weight excluding hydrogens is 298 g/mol. The summed E-state index contributed by atoms with van der Waals surface area (Å²) < 4.78 is 4.50. The smallest absolute Gasteiger partial charge is 0.331 e. The number of nitriles is 1. The SMILES string of the molecule is C=CCOC(=O)C=CC#N.c1ccc2cc3ccccc3cc2c1. The van der Waals surface area contributed by atoms with Crippen molar-refractivity contribution in [1.29, 1.82) is 5.26 Å². The Kier molecular flexibility index (Phi) is 6.31. The molecule has 0 saturated heterocycles. The summed E-state index contributed by atoms with van der Waals surface area (Å²) in [5, 5.41) is 13.2. The highest BCUT2D eigenvalue weighted by Gasteiger charge is 1.95. The molecule has 0 aromatic heterocycles. The Balaban J connectivity index is 0.000000187. The van der Waals surface area contributed by atoms with Crippen LogP contribution in [0, 0.1) is 11.3 Å². The zero-order chi connectivity index (χ0) is 17.2. The Hall–Kier alpha value is -3.38. The lowest BCUT2D eigenvalue weighted by atomic mass is 10.0. The predicted molar refractivity (Wildman–Crippen MR) is 97.4 cm³/mol. The third-order valence-electron chi connectivity index (χ3n) is 3.25. The molecule has 3 nitrogen and oxygen atoms in total. The second kappa shape index (κ2) is 8.92. The lowest BCUT2D eigenvalue weighted by Crippen LogP contribution is -1.99. The van der Waals surface area contributed by atoms with Gasteiger partial charge in [-0.3, -0.25) is 0 Å². The predicted octanol–water partition coefficient (Wildman–Crippen LogP) is 4.79. The number of carbonyl (C=O) groups excluding carboxylic acids is 1. The first-order chi connectivity index (χ1) is 11.7. The molecule has 0 amide bonds. The minimum Gasteiger partial charge on any atom is -0.458 e. The average Bonchev–Trinajstić information content (AvgIpc) is 2.63. The molecule has 0 N–H and O–H groups in total. The number of hydrogen-bond donors (Lipinski definition) is 0. The topological polar surface area (TPSA) is 50.1 Å². The van der Waals surface area contributed by atoms with Crippen molar-refractivity contribution in [3.63, 3.8) is 0 Å². The van der Waals surface area contributed by atoms with Crippen LogP contribution in [0.15, 0.2) is 85.5 Å². The van der Waals surface area contributed by atoms with Gasteiger partial charge < -0.3 is 4.74 Å². The van der Waals surface area contributed by atoms with E-state index >= 15 is 0 Å². The monoisotopic (exact) mass is 315 g/mol. The summed E-state index contributed by atoms with van der Waals surface area (Å²) in [5.41, 5.74) is 0. The van der Waals surface area contributed by atoms with E-state index in [-0.39, 0.29) is 6.61 Å². The average molecular weight is 315 g/mol. The van der Waals surface area contributed by atoms with Crippen LogP contribution in [0.2, 0.25) is 0 Å². The number of nitrogens with zero attached hydrogens (tertiary/aromatic N) is 1. The van der Waals surface area contributed by atoms with Crippen LogP contribution in [-0.2, 0) is 9.53 Å². The van der Waals surface area contributed by atoms with Gasteiger partial charge in [0.2, 0.25) is 0 Å². The van der Waals surface area contributed by atoms with Gasteiger partial charge in [0.15, 0.2) is 0 Å². The minimum atomic E-state index is -0.526. The van der Waals surface area contributed by atoms with Crippen LogP contribution in [0.3, 0.4) is 0 Å². The highest BCUT2D eigenvalue weighted by Crippen LogP contribution is 2.21. The zero-order valence-corrected chi connectivity index (χ0v) is 13.2. The molecule has 24 heavy (non-hydrogen) atoms. The van der Waals surface area contributed by atoms with E-state index in [1.165, 1.54) is 27.6 Å². The van der Waals surface area contributed by atoms with E-state index < -0.39 is 5.97 Å². The van der Waals surface area contributed by atoms with Crippen molar-refractivity contribution in [3.05, 3.63) is 85.5 Å². The van der Waals surface area contributed by atoms with Crippen molar-refractivity contribution < 1.29 is 9.53 Å². The van der Waals surface area contributed by atoms with Crippen molar-refractivity contribution >= 4 is 27.5 Å². The molecule has 0 fully saturated rings. The Morgan fingerprint density at radius 3 is 1.83 bits per heavy atom. The first-order valence-electron chi connectivity index (χ1n) is 7.46. The van der Waals surface area contributed by atoms with E-state index in [1.807, 2.05) is 0 Å². The minimum absolute atomic E-state index is 0.175. The molecule has 0 aliphatic heterocycles. The van der Waals surface area contributed by atoms with Crippen LogP contribution < -0.4 is 0 Å². The molecule has 0 radical (unpaired) electrons. The van der Waals surface area contributed by atoms with E-state index in [0.717, 1.165) is 12.2 Å². The molecule has 3 aromatic rings. The van der Waals surface area contributed by atoms with Gasteiger partial charge >= 0.3 is 5.97 Å². The van der Waals surface area contributed by atoms with Gasteiger partial charge in [-0.15, -0.1) is 0 Å². The normalized spacial score (nSPS) is 9.96. The summed E-state index contributed by atoms with van der Waals surface area (Å²) in [6.45, 7) is 3.52. The Morgan fingerprint density at radius 1 is 1.00 bits per heavy atom. The van der Waals surface area contributed by atoms with Crippen molar-refractivity contribution in [1.82, 2.24) is 0 Å². The molecule has 0 saturated carbocycles. The van der Waals surface area contributed by atoms with E-state index in [9.17, 15) is 4.79 Å². The molecule has 0 heterocycles. The fraction of sp³-hybridized carbons (Fsp3) is 0.0476. The lowest BCUT2D eigenvalue weighted by Gasteiger charge is -2.00. The van der Waals surface area contributed by atoms with Gasteiger partial charge in [0.05, 0.1) is 6.07 Å². The molecule has 118 valence electrons. The maximum atomic E-state index is 10.5. The quantitative estimate of drug-likeness (QED) is 0.229. The first kappa shape index (κ1) is 17.0. The fourth-order valence-electron chi connectivity index (χ4n) is 2.18. The maximum Gasteiger partial charge on any atom is 0.331 e. The standard InChI is InChI=1S/C14H10.C7H7NO2/c1-2-6-12-10-14-8-4-3-7-13(14)9-11(12)5-1;1-2-6-10-7(9)4-3-5-8/h1-10H;2-4H,1,6H2. The third kappa shape index (κ3) is 4.82. The van der Waals surface area contributed by atoms with Gasteiger partial charge in [-0.2, -0.15) is 5.26 Å². The number of carbonyl (C=O) groups is 1. The maximum absolute atomic E-state index is 10.5. The number of rotatable bonds is 3. The highest BCUT2D eigenvalue weighted by molar-refractivity contribution is 5.98. The van der Waals surface area contributed by atoms with Gasteiger partial charge in [-0.25, -0.2) is 4.79 Å². The molecule has 0 atom stereocenters. The van der Waals surface area contributed by atoms with Crippen LogP contribution in [-0.4, -0.2) is 12.6 Å². The van der Waals surface area contributed by atoms with E-state index in [4.69, 9.17) is 5.26 Å². The van der Waals surface area contributed by atoms with E-state index in [1.54, 1.807) is 6.07 Å². The summed E-state index contributed by atoms with van der Waals surface area (Å²) in [7, 11) is 0. The highest BCUT2D eigenvalue weighted by atomic mass is 16.5. The molecule has 0 aliphatic rings. The van der Waals surface area contributed by atoms with Crippen LogP contribution in [0.25, 0.3) is 21.5 Å².